The van der Waals surface area contributed by atoms with E-state index in [0.29, 0.717) is 24.6 Å². The molecule has 0 saturated carbocycles. The minimum Gasteiger partial charge on any atom is -0.497 e. The summed E-state index contributed by atoms with van der Waals surface area (Å²) < 4.78 is 7.13. The van der Waals surface area contributed by atoms with E-state index in [2.05, 4.69) is 27.0 Å². The molecule has 0 bridgehead atoms. The minimum atomic E-state index is 0.0419. The highest BCUT2D eigenvalue weighted by molar-refractivity contribution is 6.07. The number of carbonyl (C=O) groups excluding carboxylic acids is 1. The molecule has 5 rings (SSSR count). The van der Waals surface area contributed by atoms with Gasteiger partial charge < -0.3 is 14.5 Å². The summed E-state index contributed by atoms with van der Waals surface area (Å²) in [6, 6.07) is 17.7. The predicted molar refractivity (Wildman–Crippen MR) is 120 cm³/mol. The maximum Gasteiger partial charge on any atom is 0.256 e. The van der Waals surface area contributed by atoms with Gasteiger partial charge in [0.05, 0.1) is 18.2 Å². The number of amides is 1. The third kappa shape index (κ3) is 3.59. The number of hydrogen-bond acceptors (Lipinski definition) is 5. The number of hydrogen-bond donors (Lipinski definition) is 0. The van der Waals surface area contributed by atoms with E-state index in [1.165, 1.54) is 0 Å². The van der Waals surface area contributed by atoms with Gasteiger partial charge in [0.25, 0.3) is 5.91 Å². The maximum atomic E-state index is 13.4. The van der Waals surface area contributed by atoms with Gasteiger partial charge in [-0.15, -0.1) is 0 Å². The largest absolute Gasteiger partial charge is 0.497 e. The van der Waals surface area contributed by atoms with Crippen LogP contribution in [-0.2, 0) is 0 Å². The second-order valence-electron chi connectivity index (χ2n) is 7.46. The molecule has 1 aliphatic rings. The highest BCUT2D eigenvalue weighted by Gasteiger charge is 2.25. The van der Waals surface area contributed by atoms with Crippen LogP contribution in [0.5, 0.6) is 5.75 Å². The van der Waals surface area contributed by atoms with Crippen molar-refractivity contribution >= 4 is 22.5 Å². The Bertz CT molecular complexity index is 1200. The van der Waals surface area contributed by atoms with E-state index in [1.54, 1.807) is 25.6 Å². The molecule has 2 aromatic carbocycles. The average Bonchev–Trinajstić information content (AvgIpc) is 3.24. The highest BCUT2D eigenvalue weighted by Crippen LogP contribution is 2.26. The van der Waals surface area contributed by atoms with E-state index in [1.807, 2.05) is 52.1 Å². The normalized spacial score (nSPS) is 14.1. The van der Waals surface area contributed by atoms with Crippen LogP contribution in [0.3, 0.4) is 0 Å². The minimum absolute atomic E-state index is 0.0419. The molecule has 156 valence electrons. The number of para-hydroxylation sites is 1. The molecule has 4 aromatic rings. The number of nitrogens with zero attached hydrogens (tertiary/aromatic N) is 5. The Labute approximate surface area is 180 Å². The van der Waals surface area contributed by atoms with Gasteiger partial charge in [0, 0.05) is 55.8 Å². The number of piperazine rings is 1. The van der Waals surface area contributed by atoms with Gasteiger partial charge in [-0.2, -0.15) is 0 Å². The standard InChI is InChI=1S/C24H23N5O2/c1-31-19-9-7-18(8-10-19)27-13-15-28(16-14-27)23(30)21-17-29(24-25-11-4-12-26-24)22-6-3-2-5-20(21)22/h2-12,17H,13-16H2,1H3. The lowest BCUT2D eigenvalue weighted by Crippen LogP contribution is -2.48. The van der Waals surface area contributed by atoms with Crippen molar-refractivity contribution in [2.24, 2.45) is 0 Å². The van der Waals surface area contributed by atoms with Crippen LogP contribution in [0.4, 0.5) is 5.69 Å². The molecular weight excluding hydrogens is 390 g/mol. The van der Waals surface area contributed by atoms with Crippen molar-refractivity contribution < 1.29 is 9.53 Å². The number of benzene rings is 2. The fourth-order valence-corrected chi connectivity index (χ4v) is 4.06. The second kappa shape index (κ2) is 8.10. The Kier molecular flexibility index (Phi) is 5.00. The summed E-state index contributed by atoms with van der Waals surface area (Å²) >= 11 is 0. The molecular formula is C24H23N5O2. The zero-order valence-corrected chi connectivity index (χ0v) is 17.3. The van der Waals surface area contributed by atoms with Crippen molar-refractivity contribution in [2.45, 2.75) is 0 Å². The number of aromatic nitrogens is 3. The second-order valence-corrected chi connectivity index (χ2v) is 7.46. The van der Waals surface area contributed by atoms with Crippen molar-refractivity contribution in [1.29, 1.82) is 0 Å². The lowest BCUT2D eigenvalue weighted by molar-refractivity contribution is 0.0748. The van der Waals surface area contributed by atoms with Crippen LogP contribution < -0.4 is 9.64 Å². The van der Waals surface area contributed by atoms with Crippen molar-refractivity contribution in [3.8, 4) is 11.7 Å². The number of ether oxygens (including phenoxy) is 1. The van der Waals surface area contributed by atoms with Crippen molar-refractivity contribution in [3.05, 3.63) is 78.8 Å². The van der Waals surface area contributed by atoms with Gasteiger partial charge in [-0.25, -0.2) is 9.97 Å². The number of anilines is 1. The van der Waals surface area contributed by atoms with Crippen LogP contribution in [0, 0.1) is 0 Å². The zero-order valence-electron chi connectivity index (χ0n) is 17.3. The molecule has 0 atom stereocenters. The third-order valence-electron chi connectivity index (χ3n) is 5.71. The number of methoxy groups -OCH3 is 1. The monoisotopic (exact) mass is 413 g/mol. The van der Waals surface area contributed by atoms with Gasteiger partial charge in [-0.3, -0.25) is 9.36 Å². The summed E-state index contributed by atoms with van der Waals surface area (Å²) in [5.74, 6) is 1.44. The van der Waals surface area contributed by atoms with Crippen LogP contribution in [0.15, 0.2) is 73.2 Å². The van der Waals surface area contributed by atoms with Gasteiger partial charge in [0.2, 0.25) is 5.95 Å². The van der Waals surface area contributed by atoms with Gasteiger partial charge >= 0.3 is 0 Å². The Balaban J connectivity index is 1.37. The molecule has 1 aliphatic heterocycles. The van der Waals surface area contributed by atoms with E-state index in [0.717, 1.165) is 35.4 Å². The lowest BCUT2D eigenvalue weighted by atomic mass is 10.1. The molecule has 3 heterocycles. The molecule has 0 aliphatic carbocycles. The zero-order chi connectivity index (χ0) is 21.2. The van der Waals surface area contributed by atoms with E-state index in [4.69, 9.17) is 4.74 Å². The molecule has 0 unspecified atom stereocenters. The Hall–Kier alpha value is -3.87. The average molecular weight is 413 g/mol. The molecule has 7 nitrogen and oxygen atoms in total. The van der Waals surface area contributed by atoms with E-state index < -0.39 is 0 Å². The van der Waals surface area contributed by atoms with E-state index >= 15 is 0 Å². The number of carbonyl (C=O) groups is 1. The first kappa shape index (κ1) is 19.1. The molecule has 7 heteroatoms. The molecule has 2 aromatic heterocycles. The summed E-state index contributed by atoms with van der Waals surface area (Å²) in [6.07, 6.45) is 5.27. The molecule has 1 fully saturated rings. The first-order valence-electron chi connectivity index (χ1n) is 10.3. The molecule has 0 radical (unpaired) electrons. The van der Waals surface area contributed by atoms with Crippen molar-refractivity contribution in [1.82, 2.24) is 19.4 Å². The summed E-state index contributed by atoms with van der Waals surface area (Å²) in [7, 11) is 1.67. The third-order valence-corrected chi connectivity index (χ3v) is 5.71. The van der Waals surface area contributed by atoms with E-state index in [-0.39, 0.29) is 5.91 Å². The number of rotatable bonds is 4. The summed E-state index contributed by atoms with van der Waals surface area (Å²) in [6.45, 7) is 2.93. The van der Waals surface area contributed by atoms with E-state index in [9.17, 15) is 4.79 Å². The fraction of sp³-hybridized carbons (Fsp3) is 0.208. The predicted octanol–water partition coefficient (Wildman–Crippen LogP) is 3.39. The van der Waals surface area contributed by atoms with Crippen molar-refractivity contribution in [2.75, 3.05) is 38.2 Å². The van der Waals surface area contributed by atoms with Gasteiger partial charge in [-0.05, 0) is 36.4 Å². The Morgan fingerprint density at radius 3 is 2.32 bits per heavy atom. The fourth-order valence-electron chi connectivity index (χ4n) is 4.06. The van der Waals surface area contributed by atoms with Crippen LogP contribution in [-0.4, -0.2) is 58.6 Å². The SMILES string of the molecule is COc1ccc(N2CCN(C(=O)c3cn(-c4ncccn4)c4ccccc34)CC2)cc1. The summed E-state index contributed by atoms with van der Waals surface area (Å²) in [4.78, 5) is 26.3. The van der Waals surface area contributed by atoms with Gasteiger partial charge in [0.1, 0.15) is 5.75 Å². The van der Waals surface area contributed by atoms with Gasteiger partial charge in [0.15, 0.2) is 0 Å². The van der Waals surface area contributed by atoms with Crippen LogP contribution in [0.2, 0.25) is 0 Å². The first-order valence-corrected chi connectivity index (χ1v) is 10.3. The quantitative estimate of drug-likeness (QED) is 0.513. The lowest BCUT2D eigenvalue weighted by Gasteiger charge is -2.36. The number of fused-ring (bicyclic) bond motifs is 1. The summed E-state index contributed by atoms with van der Waals surface area (Å²) in [5, 5.41) is 0.914. The van der Waals surface area contributed by atoms with Crippen LogP contribution >= 0.6 is 0 Å². The Morgan fingerprint density at radius 1 is 0.903 bits per heavy atom. The molecule has 1 saturated heterocycles. The first-order chi connectivity index (χ1) is 15.2. The maximum absolute atomic E-state index is 13.4. The summed E-state index contributed by atoms with van der Waals surface area (Å²) in [5.41, 5.74) is 2.75. The van der Waals surface area contributed by atoms with Crippen LogP contribution in [0.1, 0.15) is 10.4 Å². The van der Waals surface area contributed by atoms with Crippen molar-refractivity contribution in [3.63, 3.8) is 0 Å². The van der Waals surface area contributed by atoms with Gasteiger partial charge in [-0.1, -0.05) is 18.2 Å². The molecule has 0 N–H and O–H groups in total. The highest BCUT2D eigenvalue weighted by atomic mass is 16.5. The smallest absolute Gasteiger partial charge is 0.256 e. The van der Waals surface area contributed by atoms with Crippen LogP contribution in [0.25, 0.3) is 16.9 Å². The topological polar surface area (TPSA) is 63.5 Å². The Morgan fingerprint density at radius 2 is 1.61 bits per heavy atom. The molecule has 1 amide bonds. The molecule has 31 heavy (non-hydrogen) atoms. The molecule has 0 spiro atoms.